The average Bonchev–Trinajstić information content (AvgIpc) is 2.89. The number of anilines is 2. The summed E-state index contributed by atoms with van der Waals surface area (Å²) in [6, 6.07) is 17.9. The van der Waals surface area contributed by atoms with E-state index in [0.717, 1.165) is 47.2 Å². The first-order chi connectivity index (χ1) is 17.1. The minimum Gasteiger partial charge on any atom is -0.472 e. The van der Waals surface area contributed by atoms with Crippen LogP contribution in [0.1, 0.15) is 11.1 Å². The predicted octanol–water partition coefficient (Wildman–Crippen LogP) is 3.90. The standard InChI is InChI=1S/C27H28N6OS/c1-4-12-32-13-15-33(16-14-32)27-29-19-25(35-24-10-8-21(18-28)9-11-24)26(30-27)34-20-22-6-5-7-23(17-22)31(2)3/h1,5-11,17,19H,12-16,20H2,2-3H3. The second-order valence-corrected chi connectivity index (χ2v) is 9.51. The first-order valence-electron chi connectivity index (χ1n) is 11.4. The molecule has 0 unspecified atom stereocenters. The third-order valence-electron chi connectivity index (χ3n) is 5.69. The number of hydrogen-bond donors (Lipinski definition) is 0. The summed E-state index contributed by atoms with van der Waals surface area (Å²) in [5, 5.41) is 9.08. The maximum absolute atomic E-state index is 9.08. The molecule has 0 bridgehead atoms. The van der Waals surface area contributed by atoms with Gasteiger partial charge in [-0.15, -0.1) is 6.42 Å². The normalized spacial score (nSPS) is 13.7. The zero-order valence-corrected chi connectivity index (χ0v) is 20.8. The Bertz CT molecular complexity index is 1220. The average molecular weight is 485 g/mol. The van der Waals surface area contributed by atoms with Gasteiger partial charge >= 0.3 is 0 Å². The molecule has 0 atom stereocenters. The number of rotatable bonds is 8. The van der Waals surface area contributed by atoms with E-state index < -0.39 is 0 Å². The van der Waals surface area contributed by atoms with Crippen LogP contribution in [-0.2, 0) is 6.61 Å². The van der Waals surface area contributed by atoms with Crippen molar-refractivity contribution in [1.82, 2.24) is 14.9 Å². The summed E-state index contributed by atoms with van der Waals surface area (Å²) in [6.45, 7) is 4.44. The molecule has 0 amide bonds. The number of aromatic nitrogens is 2. The summed E-state index contributed by atoms with van der Waals surface area (Å²) in [7, 11) is 4.04. The van der Waals surface area contributed by atoms with Gasteiger partial charge in [0.05, 0.1) is 29.3 Å². The summed E-state index contributed by atoms with van der Waals surface area (Å²) < 4.78 is 6.26. The predicted molar refractivity (Wildman–Crippen MR) is 140 cm³/mol. The summed E-state index contributed by atoms with van der Waals surface area (Å²) in [5.41, 5.74) is 2.81. The Balaban J connectivity index is 1.55. The van der Waals surface area contributed by atoms with E-state index in [1.807, 2.05) is 44.6 Å². The van der Waals surface area contributed by atoms with Gasteiger partial charge in [0.1, 0.15) is 6.61 Å². The van der Waals surface area contributed by atoms with Crippen molar-refractivity contribution in [2.75, 3.05) is 56.6 Å². The fraction of sp³-hybridized carbons (Fsp3) is 0.296. The Morgan fingerprint density at radius 3 is 2.57 bits per heavy atom. The summed E-state index contributed by atoms with van der Waals surface area (Å²) in [5.74, 6) is 3.92. The third-order valence-corrected chi connectivity index (χ3v) is 6.70. The molecule has 8 heteroatoms. The number of nitrogens with zero attached hydrogens (tertiary/aromatic N) is 6. The molecular weight excluding hydrogens is 456 g/mol. The van der Waals surface area contributed by atoms with Crippen molar-refractivity contribution in [2.24, 2.45) is 0 Å². The van der Waals surface area contributed by atoms with Gasteiger partial charge in [0.25, 0.3) is 0 Å². The van der Waals surface area contributed by atoms with Crippen molar-refractivity contribution in [3.8, 4) is 24.3 Å². The molecule has 0 saturated carbocycles. The zero-order chi connectivity index (χ0) is 24.6. The van der Waals surface area contributed by atoms with Gasteiger partial charge in [-0.25, -0.2) is 4.98 Å². The van der Waals surface area contributed by atoms with Crippen LogP contribution in [0, 0.1) is 23.7 Å². The SMILES string of the molecule is C#CCN1CCN(c2ncc(Sc3ccc(C#N)cc3)c(OCc3cccc(N(C)C)c3)n2)CC1. The van der Waals surface area contributed by atoms with Gasteiger partial charge < -0.3 is 14.5 Å². The molecule has 1 aromatic heterocycles. The Hall–Kier alpha value is -3.72. The van der Waals surface area contributed by atoms with E-state index in [9.17, 15) is 0 Å². The maximum Gasteiger partial charge on any atom is 0.232 e. The van der Waals surface area contributed by atoms with Crippen LogP contribution in [0.4, 0.5) is 11.6 Å². The number of ether oxygens (including phenoxy) is 1. The van der Waals surface area contributed by atoms with Crippen molar-refractivity contribution in [3.05, 3.63) is 65.9 Å². The van der Waals surface area contributed by atoms with E-state index >= 15 is 0 Å². The molecule has 1 fully saturated rings. The number of nitriles is 1. The van der Waals surface area contributed by atoms with Gasteiger partial charge in [-0.3, -0.25) is 4.90 Å². The van der Waals surface area contributed by atoms with Gasteiger partial charge in [-0.2, -0.15) is 10.2 Å². The van der Waals surface area contributed by atoms with Gasteiger partial charge in [0, 0.05) is 50.9 Å². The van der Waals surface area contributed by atoms with Gasteiger partial charge in [-0.1, -0.05) is 29.8 Å². The van der Waals surface area contributed by atoms with Gasteiger partial charge in [0.2, 0.25) is 11.8 Å². The second-order valence-electron chi connectivity index (χ2n) is 8.40. The molecule has 0 radical (unpaired) electrons. The molecule has 7 nitrogen and oxygen atoms in total. The van der Waals surface area contributed by atoms with E-state index in [2.05, 4.69) is 43.8 Å². The lowest BCUT2D eigenvalue weighted by atomic mass is 10.2. The molecule has 2 aromatic carbocycles. The molecule has 2 heterocycles. The fourth-order valence-corrected chi connectivity index (χ4v) is 4.53. The lowest BCUT2D eigenvalue weighted by Crippen LogP contribution is -2.47. The molecule has 0 N–H and O–H groups in total. The van der Waals surface area contributed by atoms with Crippen LogP contribution in [0.3, 0.4) is 0 Å². The summed E-state index contributed by atoms with van der Waals surface area (Å²) >= 11 is 1.52. The zero-order valence-electron chi connectivity index (χ0n) is 20.0. The van der Waals surface area contributed by atoms with E-state index in [4.69, 9.17) is 21.4 Å². The van der Waals surface area contributed by atoms with Crippen molar-refractivity contribution in [1.29, 1.82) is 5.26 Å². The van der Waals surface area contributed by atoms with Crippen molar-refractivity contribution >= 4 is 23.4 Å². The first kappa shape index (κ1) is 24.4. The molecule has 0 aliphatic carbocycles. The van der Waals surface area contributed by atoms with Crippen molar-refractivity contribution < 1.29 is 4.74 Å². The summed E-state index contributed by atoms with van der Waals surface area (Å²) in [4.78, 5) is 17.8. The maximum atomic E-state index is 9.08. The Morgan fingerprint density at radius 2 is 1.89 bits per heavy atom. The van der Waals surface area contributed by atoms with Crippen LogP contribution in [0.5, 0.6) is 5.88 Å². The number of terminal acetylenes is 1. The lowest BCUT2D eigenvalue weighted by Gasteiger charge is -2.33. The highest BCUT2D eigenvalue weighted by Crippen LogP contribution is 2.35. The van der Waals surface area contributed by atoms with Crippen molar-refractivity contribution in [3.63, 3.8) is 0 Å². The minimum absolute atomic E-state index is 0.398. The smallest absolute Gasteiger partial charge is 0.232 e. The van der Waals surface area contributed by atoms with Crippen LogP contribution >= 0.6 is 11.8 Å². The van der Waals surface area contributed by atoms with Gasteiger partial charge in [0.15, 0.2) is 0 Å². The Labute approximate surface area is 211 Å². The van der Waals surface area contributed by atoms with Crippen LogP contribution in [-0.4, -0.2) is 61.7 Å². The fourth-order valence-electron chi connectivity index (χ4n) is 3.71. The van der Waals surface area contributed by atoms with Gasteiger partial charge in [-0.05, 0) is 42.0 Å². The highest BCUT2D eigenvalue weighted by Gasteiger charge is 2.20. The van der Waals surface area contributed by atoms with E-state index in [1.165, 1.54) is 11.8 Å². The van der Waals surface area contributed by atoms with Crippen LogP contribution in [0.25, 0.3) is 0 Å². The molecule has 1 aliphatic heterocycles. The number of hydrogen-bond acceptors (Lipinski definition) is 8. The Morgan fingerprint density at radius 1 is 1.11 bits per heavy atom. The lowest BCUT2D eigenvalue weighted by molar-refractivity contribution is 0.278. The number of piperazine rings is 1. The summed E-state index contributed by atoms with van der Waals surface area (Å²) in [6.07, 6.45) is 7.28. The van der Waals surface area contributed by atoms with Crippen molar-refractivity contribution in [2.45, 2.75) is 16.4 Å². The topological polar surface area (TPSA) is 68.5 Å². The molecule has 3 aromatic rings. The minimum atomic E-state index is 0.398. The molecule has 1 aliphatic rings. The van der Waals surface area contributed by atoms with Crippen LogP contribution in [0.2, 0.25) is 0 Å². The molecule has 4 rings (SSSR count). The monoisotopic (exact) mass is 484 g/mol. The largest absolute Gasteiger partial charge is 0.472 e. The number of benzene rings is 2. The quantitative estimate of drug-likeness (QED) is 0.446. The molecule has 1 saturated heterocycles. The molecule has 178 valence electrons. The highest BCUT2D eigenvalue weighted by molar-refractivity contribution is 7.99. The second kappa shape index (κ2) is 11.6. The molecule has 0 spiro atoms. The van der Waals surface area contributed by atoms with Crippen LogP contribution in [0.15, 0.2) is 64.5 Å². The van der Waals surface area contributed by atoms with E-state index in [1.54, 1.807) is 12.1 Å². The van der Waals surface area contributed by atoms with E-state index in [-0.39, 0.29) is 0 Å². The van der Waals surface area contributed by atoms with E-state index in [0.29, 0.717) is 30.5 Å². The molecular formula is C27H28N6OS. The highest BCUT2D eigenvalue weighted by atomic mass is 32.2. The van der Waals surface area contributed by atoms with Crippen LogP contribution < -0.4 is 14.5 Å². The first-order valence-corrected chi connectivity index (χ1v) is 12.2. The third kappa shape index (κ3) is 6.45. The Kier molecular flexibility index (Phi) is 8.10. The molecule has 35 heavy (non-hydrogen) atoms.